The Kier molecular flexibility index (Phi) is 8.52. The number of aromatic nitrogens is 2. The minimum atomic E-state index is -0.693. The van der Waals surface area contributed by atoms with Crippen molar-refractivity contribution in [2.24, 2.45) is 5.92 Å². The molecule has 2 aromatic carbocycles. The van der Waals surface area contributed by atoms with Gasteiger partial charge in [-0.05, 0) is 67.3 Å². The van der Waals surface area contributed by atoms with E-state index in [0.29, 0.717) is 17.7 Å². The second-order valence-electron chi connectivity index (χ2n) is 9.75. The van der Waals surface area contributed by atoms with Gasteiger partial charge in [-0.15, -0.1) is 0 Å². The molecule has 1 unspecified atom stereocenters. The number of benzene rings is 2. The Morgan fingerprint density at radius 3 is 2.26 bits per heavy atom. The van der Waals surface area contributed by atoms with Gasteiger partial charge in [0.25, 0.3) is 0 Å². The highest BCUT2D eigenvalue weighted by molar-refractivity contribution is 5.66. The van der Waals surface area contributed by atoms with Gasteiger partial charge >= 0.3 is 0 Å². The monoisotopic (exact) mass is 475 g/mol. The normalized spacial score (nSPS) is 20.5. The van der Waals surface area contributed by atoms with Gasteiger partial charge in [0.2, 0.25) is 0 Å². The maximum atomic E-state index is 9.89. The first-order chi connectivity index (χ1) is 17.0. The van der Waals surface area contributed by atoms with Crippen LogP contribution in [0.25, 0.3) is 17.2 Å². The average Bonchev–Trinajstić information content (AvgIpc) is 3.34. The van der Waals surface area contributed by atoms with Crippen LogP contribution in [-0.2, 0) is 0 Å². The number of aliphatic hydroxyl groups is 3. The van der Waals surface area contributed by atoms with Crippen molar-refractivity contribution in [2.45, 2.75) is 50.8 Å². The van der Waals surface area contributed by atoms with E-state index in [-0.39, 0.29) is 25.3 Å². The van der Waals surface area contributed by atoms with Crippen molar-refractivity contribution >= 4 is 6.08 Å². The minimum Gasteiger partial charge on any atom is -0.395 e. The fraction of sp³-hybridized carbons (Fsp3) is 0.414. The molecule has 0 bridgehead atoms. The van der Waals surface area contributed by atoms with Crippen molar-refractivity contribution in [1.82, 2.24) is 14.9 Å². The lowest BCUT2D eigenvalue weighted by molar-refractivity contribution is 0.175. The van der Waals surface area contributed by atoms with Crippen LogP contribution in [0.1, 0.15) is 61.7 Å². The van der Waals surface area contributed by atoms with Gasteiger partial charge in [0, 0.05) is 18.4 Å². The zero-order chi connectivity index (χ0) is 24.8. The van der Waals surface area contributed by atoms with E-state index in [1.54, 1.807) is 23.9 Å². The van der Waals surface area contributed by atoms with E-state index in [9.17, 15) is 10.2 Å². The van der Waals surface area contributed by atoms with Crippen LogP contribution in [0.4, 0.5) is 0 Å². The van der Waals surface area contributed by atoms with E-state index in [0.717, 1.165) is 12.1 Å². The molecule has 35 heavy (non-hydrogen) atoms. The Bertz CT molecular complexity index is 1080. The van der Waals surface area contributed by atoms with Crippen LogP contribution < -0.4 is 5.32 Å². The molecule has 1 fully saturated rings. The summed E-state index contributed by atoms with van der Waals surface area (Å²) >= 11 is 0. The standard InChI is InChI=1S/C29H37N3O3/c1-20(18-33)31-17-23-15-27(16-23)26-10-8-25(9-11-26)24-6-3-22(4-7-24)5-12-28(19-34)32-14-13-30-29(32)21(2)35/h3-14,20-21,23,27-28,31,33-35H,15-19H2,1-2H3/b12-5+/t20?,21-,23?,27?,28-/m0/s1. The molecule has 6 nitrogen and oxygen atoms in total. The molecule has 1 aromatic heterocycles. The highest BCUT2D eigenvalue weighted by Crippen LogP contribution is 2.41. The van der Waals surface area contributed by atoms with Crippen LogP contribution in [0, 0.1) is 5.92 Å². The molecule has 1 saturated carbocycles. The lowest BCUT2D eigenvalue weighted by Crippen LogP contribution is -2.37. The van der Waals surface area contributed by atoms with E-state index in [1.165, 1.54) is 29.5 Å². The number of hydrogen-bond acceptors (Lipinski definition) is 5. The average molecular weight is 476 g/mol. The van der Waals surface area contributed by atoms with Gasteiger partial charge in [-0.25, -0.2) is 4.98 Å². The largest absolute Gasteiger partial charge is 0.395 e. The smallest absolute Gasteiger partial charge is 0.137 e. The van der Waals surface area contributed by atoms with Gasteiger partial charge in [-0.1, -0.05) is 60.7 Å². The van der Waals surface area contributed by atoms with Crippen LogP contribution in [0.3, 0.4) is 0 Å². The maximum Gasteiger partial charge on any atom is 0.137 e. The van der Waals surface area contributed by atoms with E-state index >= 15 is 0 Å². The fourth-order valence-electron chi connectivity index (χ4n) is 4.73. The van der Waals surface area contributed by atoms with Gasteiger partial charge in [0.15, 0.2) is 0 Å². The third kappa shape index (κ3) is 6.27. The predicted octanol–water partition coefficient (Wildman–Crippen LogP) is 4.31. The summed E-state index contributed by atoms with van der Waals surface area (Å²) in [6.45, 7) is 4.79. The van der Waals surface area contributed by atoms with Crippen molar-refractivity contribution in [3.63, 3.8) is 0 Å². The lowest BCUT2D eigenvalue weighted by atomic mass is 9.71. The van der Waals surface area contributed by atoms with Crippen LogP contribution in [-0.4, -0.2) is 50.7 Å². The van der Waals surface area contributed by atoms with Gasteiger partial charge in [-0.2, -0.15) is 0 Å². The number of imidazole rings is 1. The summed E-state index contributed by atoms with van der Waals surface area (Å²) in [6, 6.07) is 17.2. The van der Waals surface area contributed by atoms with Crippen LogP contribution in [0.5, 0.6) is 0 Å². The molecule has 1 aliphatic carbocycles. The van der Waals surface area contributed by atoms with Crippen LogP contribution in [0.2, 0.25) is 0 Å². The zero-order valence-corrected chi connectivity index (χ0v) is 20.6. The summed E-state index contributed by atoms with van der Waals surface area (Å²) in [7, 11) is 0. The van der Waals surface area contributed by atoms with Gasteiger partial charge in [0.1, 0.15) is 11.9 Å². The van der Waals surface area contributed by atoms with Gasteiger partial charge < -0.3 is 25.2 Å². The Hall–Kier alpha value is -2.77. The first kappa shape index (κ1) is 25.3. The van der Waals surface area contributed by atoms with Crippen LogP contribution >= 0.6 is 0 Å². The molecule has 0 radical (unpaired) electrons. The van der Waals surface area contributed by atoms with Crippen LogP contribution in [0.15, 0.2) is 67.0 Å². The molecule has 3 aromatic rings. The number of nitrogens with zero attached hydrogens (tertiary/aromatic N) is 2. The first-order valence-electron chi connectivity index (χ1n) is 12.5. The number of hydrogen-bond donors (Lipinski definition) is 4. The Morgan fingerprint density at radius 2 is 1.66 bits per heavy atom. The van der Waals surface area contributed by atoms with Gasteiger partial charge in [0.05, 0.1) is 19.3 Å². The van der Waals surface area contributed by atoms with Crippen molar-refractivity contribution in [2.75, 3.05) is 19.8 Å². The molecule has 1 heterocycles. The third-order valence-corrected chi connectivity index (χ3v) is 7.02. The van der Waals surface area contributed by atoms with Crippen molar-refractivity contribution in [3.8, 4) is 11.1 Å². The number of aliphatic hydroxyl groups excluding tert-OH is 3. The molecule has 1 aliphatic rings. The summed E-state index contributed by atoms with van der Waals surface area (Å²) < 4.78 is 1.80. The van der Waals surface area contributed by atoms with Crippen molar-refractivity contribution < 1.29 is 15.3 Å². The maximum absolute atomic E-state index is 9.89. The number of nitrogens with one attached hydrogen (secondary N) is 1. The zero-order valence-electron chi connectivity index (χ0n) is 20.6. The van der Waals surface area contributed by atoms with Crippen molar-refractivity contribution in [1.29, 1.82) is 0 Å². The quantitative estimate of drug-likeness (QED) is 0.332. The molecule has 0 spiro atoms. The molecule has 0 aliphatic heterocycles. The SMILES string of the molecule is CC(CO)NCC1CC(c2ccc(-c3ccc(/C=C/[C@@H](CO)n4ccnc4[C@H](C)O)cc3)cc2)C1. The third-order valence-electron chi connectivity index (χ3n) is 7.02. The summed E-state index contributed by atoms with van der Waals surface area (Å²) in [4.78, 5) is 4.19. The predicted molar refractivity (Wildman–Crippen MR) is 140 cm³/mol. The second-order valence-corrected chi connectivity index (χ2v) is 9.75. The summed E-state index contributed by atoms with van der Waals surface area (Å²) in [6.07, 6.45) is 9.06. The second kappa shape index (κ2) is 11.8. The van der Waals surface area contributed by atoms with E-state index in [1.807, 2.05) is 19.1 Å². The van der Waals surface area contributed by atoms with E-state index in [2.05, 4.69) is 58.8 Å². The molecule has 3 atom stereocenters. The van der Waals surface area contributed by atoms with Crippen molar-refractivity contribution in [3.05, 3.63) is 84.0 Å². The fourth-order valence-corrected chi connectivity index (χ4v) is 4.73. The highest BCUT2D eigenvalue weighted by Gasteiger charge is 2.30. The summed E-state index contributed by atoms with van der Waals surface area (Å²) in [5.41, 5.74) is 4.83. The summed E-state index contributed by atoms with van der Waals surface area (Å²) in [5.74, 6) is 1.88. The topological polar surface area (TPSA) is 90.5 Å². The lowest BCUT2D eigenvalue weighted by Gasteiger charge is -2.36. The van der Waals surface area contributed by atoms with E-state index < -0.39 is 6.10 Å². The first-order valence-corrected chi connectivity index (χ1v) is 12.5. The molecule has 0 amide bonds. The molecule has 6 heteroatoms. The molecule has 4 rings (SSSR count). The van der Waals surface area contributed by atoms with E-state index in [4.69, 9.17) is 5.11 Å². The minimum absolute atomic E-state index is 0.0724. The van der Waals surface area contributed by atoms with Gasteiger partial charge in [-0.3, -0.25) is 0 Å². The summed E-state index contributed by atoms with van der Waals surface area (Å²) in [5, 5.41) is 32.3. The number of rotatable bonds is 11. The molecule has 186 valence electrons. The molecular formula is C29H37N3O3. The Morgan fingerprint density at radius 1 is 1.00 bits per heavy atom. The highest BCUT2D eigenvalue weighted by atomic mass is 16.3. The Balaban J connectivity index is 1.34. The molecule has 0 saturated heterocycles. The molecule has 4 N–H and O–H groups in total. The Labute approximate surface area is 208 Å². The molecular weight excluding hydrogens is 438 g/mol.